The monoisotopic (exact) mass is 253 g/mol. The Morgan fingerprint density at radius 3 is 2.76 bits per heavy atom. The van der Waals surface area contributed by atoms with Gasteiger partial charge in [-0.3, -0.25) is 4.79 Å². The first kappa shape index (κ1) is 13.7. The summed E-state index contributed by atoms with van der Waals surface area (Å²) in [7, 11) is 0. The SMILES string of the molecule is CSCCC(C)NC(=O)c1ccc(N)cc1N. The molecule has 5 N–H and O–H groups in total. The van der Waals surface area contributed by atoms with Gasteiger partial charge < -0.3 is 16.8 Å². The van der Waals surface area contributed by atoms with Gasteiger partial charge in [-0.2, -0.15) is 11.8 Å². The van der Waals surface area contributed by atoms with Gasteiger partial charge in [-0.15, -0.1) is 0 Å². The maximum Gasteiger partial charge on any atom is 0.253 e. The van der Waals surface area contributed by atoms with Crippen molar-refractivity contribution in [1.82, 2.24) is 5.32 Å². The third kappa shape index (κ3) is 4.19. The zero-order chi connectivity index (χ0) is 12.8. The molecule has 4 nitrogen and oxygen atoms in total. The molecule has 0 saturated carbocycles. The molecular weight excluding hydrogens is 234 g/mol. The number of benzene rings is 1. The van der Waals surface area contributed by atoms with Crippen molar-refractivity contribution in [3.63, 3.8) is 0 Å². The fourth-order valence-corrected chi connectivity index (χ4v) is 2.05. The topological polar surface area (TPSA) is 81.1 Å². The summed E-state index contributed by atoms with van der Waals surface area (Å²) >= 11 is 1.77. The number of amides is 1. The predicted molar refractivity (Wildman–Crippen MR) is 75.2 cm³/mol. The summed E-state index contributed by atoms with van der Waals surface area (Å²) in [6.07, 6.45) is 2.99. The van der Waals surface area contributed by atoms with Gasteiger partial charge in [0.1, 0.15) is 0 Å². The largest absolute Gasteiger partial charge is 0.399 e. The molecule has 1 atom stereocenters. The maximum absolute atomic E-state index is 11.9. The molecule has 1 rings (SSSR count). The highest BCUT2D eigenvalue weighted by Crippen LogP contribution is 2.15. The van der Waals surface area contributed by atoms with E-state index in [2.05, 4.69) is 5.32 Å². The van der Waals surface area contributed by atoms with Crippen LogP contribution in [-0.2, 0) is 0 Å². The van der Waals surface area contributed by atoms with Gasteiger partial charge >= 0.3 is 0 Å². The highest BCUT2D eigenvalue weighted by Gasteiger charge is 2.12. The van der Waals surface area contributed by atoms with Gasteiger partial charge in [-0.25, -0.2) is 0 Å². The number of hydrogen-bond donors (Lipinski definition) is 3. The second kappa shape index (κ2) is 6.39. The summed E-state index contributed by atoms with van der Waals surface area (Å²) < 4.78 is 0. The minimum Gasteiger partial charge on any atom is -0.399 e. The third-order valence-electron chi connectivity index (χ3n) is 2.45. The smallest absolute Gasteiger partial charge is 0.253 e. The minimum absolute atomic E-state index is 0.142. The van der Waals surface area contributed by atoms with Crippen LogP contribution in [0.25, 0.3) is 0 Å². The molecule has 94 valence electrons. The summed E-state index contributed by atoms with van der Waals surface area (Å²) in [4.78, 5) is 11.9. The first-order valence-electron chi connectivity index (χ1n) is 5.49. The Labute approximate surface area is 106 Å². The lowest BCUT2D eigenvalue weighted by molar-refractivity contribution is 0.0940. The lowest BCUT2D eigenvalue weighted by atomic mass is 10.1. The molecule has 0 fully saturated rings. The van der Waals surface area contributed by atoms with Gasteiger partial charge in [0.25, 0.3) is 5.91 Å². The third-order valence-corrected chi connectivity index (χ3v) is 3.10. The average molecular weight is 253 g/mol. The van der Waals surface area contributed by atoms with E-state index < -0.39 is 0 Å². The highest BCUT2D eigenvalue weighted by atomic mass is 32.2. The summed E-state index contributed by atoms with van der Waals surface area (Å²) in [5.41, 5.74) is 12.8. The number of rotatable bonds is 5. The fraction of sp³-hybridized carbons (Fsp3) is 0.417. The quantitative estimate of drug-likeness (QED) is 0.698. The van der Waals surface area contributed by atoms with Crippen LogP contribution in [0.2, 0.25) is 0 Å². The molecule has 0 radical (unpaired) electrons. The average Bonchev–Trinajstić information content (AvgIpc) is 2.26. The van der Waals surface area contributed by atoms with Gasteiger partial charge in [0.2, 0.25) is 0 Å². The number of anilines is 2. The minimum atomic E-state index is -0.142. The van der Waals surface area contributed by atoms with Gasteiger partial charge in [0.15, 0.2) is 0 Å². The molecule has 0 aliphatic heterocycles. The Kier molecular flexibility index (Phi) is 5.15. The van der Waals surface area contributed by atoms with Crippen LogP contribution in [0.15, 0.2) is 18.2 Å². The van der Waals surface area contributed by atoms with E-state index in [1.165, 1.54) is 0 Å². The number of nitrogens with two attached hydrogens (primary N) is 2. The summed E-state index contributed by atoms with van der Waals surface area (Å²) in [5.74, 6) is 0.884. The molecule has 0 saturated heterocycles. The van der Waals surface area contributed by atoms with Gasteiger partial charge in [0.05, 0.1) is 5.56 Å². The van der Waals surface area contributed by atoms with E-state index in [0.717, 1.165) is 12.2 Å². The second-order valence-electron chi connectivity index (χ2n) is 4.00. The molecule has 0 spiro atoms. The van der Waals surface area contributed by atoms with E-state index in [-0.39, 0.29) is 11.9 Å². The van der Waals surface area contributed by atoms with Gasteiger partial charge in [-0.1, -0.05) is 0 Å². The van der Waals surface area contributed by atoms with Crippen LogP contribution >= 0.6 is 11.8 Å². The molecule has 17 heavy (non-hydrogen) atoms. The first-order valence-corrected chi connectivity index (χ1v) is 6.88. The zero-order valence-corrected chi connectivity index (χ0v) is 11.0. The zero-order valence-electron chi connectivity index (χ0n) is 10.2. The maximum atomic E-state index is 11.9. The van der Waals surface area contributed by atoms with E-state index in [4.69, 9.17) is 11.5 Å². The molecule has 5 heteroatoms. The number of nitrogens with one attached hydrogen (secondary N) is 1. The molecule has 1 amide bonds. The van der Waals surface area contributed by atoms with Crippen molar-refractivity contribution in [1.29, 1.82) is 0 Å². The standard InChI is InChI=1S/C12H19N3OS/c1-8(5-6-17-2)15-12(16)10-4-3-9(13)7-11(10)14/h3-4,7-8H,5-6,13-14H2,1-2H3,(H,15,16). The van der Waals surface area contributed by atoms with E-state index in [1.54, 1.807) is 30.0 Å². The van der Waals surface area contributed by atoms with Gasteiger partial charge in [-0.05, 0) is 43.6 Å². The molecule has 0 aromatic heterocycles. The van der Waals surface area contributed by atoms with Crippen molar-refractivity contribution in [2.24, 2.45) is 0 Å². The molecule has 0 bridgehead atoms. The van der Waals surface area contributed by atoms with Crippen molar-refractivity contribution in [3.05, 3.63) is 23.8 Å². The Bertz CT molecular complexity index is 395. The fourth-order valence-electron chi connectivity index (χ4n) is 1.46. The van der Waals surface area contributed by atoms with Crippen molar-refractivity contribution in [2.45, 2.75) is 19.4 Å². The van der Waals surface area contributed by atoms with Crippen LogP contribution in [0.1, 0.15) is 23.7 Å². The number of nitrogen functional groups attached to an aromatic ring is 2. The van der Waals surface area contributed by atoms with Gasteiger partial charge in [0, 0.05) is 17.4 Å². The molecular formula is C12H19N3OS. The number of carbonyl (C=O) groups is 1. The highest BCUT2D eigenvalue weighted by molar-refractivity contribution is 7.98. The van der Waals surface area contributed by atoms with Crippen LogP contribution in [-0.4, -0.2) is 24.0 Å². The van der Waals surface area contributed by atoms with Crippen LogP contribution in [0.3, 0.4) is 0 Å². The number of carbonyl (C=O) groups excluding carboxylic acids is 1. The first-order chi connectivity index (χ1) is 8.04. The lowest BCUT2D eigenvalue weighted by Crippen LogP contribution is -2.33. The van der Waals surface area contributed by atoms with Crippen LogP contribution in [0, 0.1) is 0 Å². The normalized spacial score (nSPS) is 12.1. The Morgan fingerprint density at radius 1 is 1.47 bits per heavy atom. The van der Waals surface area contributed by atoms with Crippen molar-refractivity contribution < 1.29 is 4.79 Å². The Balaban J connectivity index is 2.63. The van der Waals surface area contributed by atoms with E-state index in [9.17, 15) is 4.79 Å². The number of hydrogen-bond acceptors (Lipinski definition) is 4. The molecule has 1 aromatic carbocycles. The molecule has 0 aliphatic rings. The summed E-state index contributed by atoms with van der Waals surface area (Å²) in [6.45, 7) is 1.99. The van der Waals surface area contributed by atoms with Crippen LogP contribution in [0.5, 0.6) is 0 Å². The van der Waals surface area contributed by atoms with Crippen molar-refractivity contribution in [3.8, 4) is 0 Å². The molecule has 1 unspecified atom stereocenters. The second-order valence-corrected chi connectivity index (χ2v) is 4.99. The van der Waals surface area contributed by atoms with E-state index in [1.807, 2.05) is 13.2 Å². The lowest BCUT2D eigenvalue weighted by Gasteiger charge is -2.14. The number of thioether (sulfide) groups is 1. The van der Waals surface area contributed by atoms with Crippen LogP contribution in [0.4, 0.5) is 11.4 Å². The molecule has 0 aliphatic carbocycles. The predicted octanol–water partition coefficient (Wildman–Crippen LogP) is 1.72. The van der Waals surface area contributed by atoms with E-state index in [0.29, 0.717) is 16.9 Å². The molecule has 0 heterocycles. The van der Waals surface area contributed by atoms with Crippen molar-refractivity contribution in [2.75, 3.05) is 23.5 Å². The Hall–Kier alpha value is -1.36. The molecule has 1 aromatic rings. The Morgan fingerprint density at radius 2 is 2.18 bits per heavy atom. The summed E-state index contributed by atoms with van der Waals surface area (Å²) in [5, 5.41) is 2.92. The van der Waals surface area contributed by atoms with Crippen LogP contribution < -0.4 is 16.8 Å². The van der Waals surface area contributed by atoms with E-state index >= 15 is 0 Å². The van der Waals surface area contributed by atoms with Crippen molar-refractivity contribution >= 4 is 29.0 Å². The summed E-state index contributed by atoms with van der Waals surface area (Å²) in [6, 6.07) is 5.08.